The summed E-state index contributed by atoms with van der Waals surface area (Å²) in [5.41, 5.74) is 1.88. The number of methoxy groups -OCH3 is 2. The normalized spacial score (nSPS) is 21.2. The van der Waals surface area contributed by atoms with Crippen LogP contribution in [0.4, 0.5) is 4.79 Å². The highest BCUT2D eigenvalue weighted by Gasteiger charge is 2.42. The Balaban J connectivity index is 1.12. The van der Waals surface area contributed by atoms with Crippen LogP contribution in [-0.2, 0) is 78.3 Å². The van der Waals surface area contributed by atoms with Crippen LogP contribution in [0.1, 0.15) is 79.8 Å². The maximum atomic E-state index is 15.1. The number of fused-ring (bicyclic) bond motifs is 3. The molecule has 3 aliphatic rings. The van der Waals surface area contributed by atoms with Crippen molar-refractivity contribution in [2.24, 2.45) is 5.41 Å². The zero-order chi connectivity index (χ0) is 69.6. The number of nitrogens with one attached hydrogen (secondary N) is 3. The van der Waals surface area contributed by atoms with E-state index in [0.717, 1.165) is 22.1 Å². The molecular weight excluding hydrogens is 1240 g/mol. The van der Waals surface area contributed by atoms with Gasteiger partial charge in [0.1, 0.15) is 42.3 Å². The number of carbonyl (C=O) groups is 10. The summed E-state index contributed by atoms with van der Waals surface area (Å²) in [5, 5.41) is 8.91. The van der Waals surface area contributed by atoms with Gasteiger partial charge in [-0.25, -0.2) is 9.59 Å². The predicted octanol–water partition coefficient (Wildman–Crippen LogP) is 5.62. The SMILES string of the molecule is COc1ccc(CC[C@H]2NC(=O)[C@@H]3CCCCN3C(=O)C(=O)C(C)(C)COC(=O)C=CCCN(C)C(=O)[C@@H](Cc3ccccc3)NC(=O)CN(C)C(=O)[C@@H](Cc3ccccc3)NC(=O)[C@H](Cc3ccc(OC(=O)N4CCOCC4)cc3)N(C)C(=O)COc3cccc2c3)cc1OC. The Bertz CT molecular complexity index is 3600. The Labute approximate surface area is 565 Å². The highest BCUT2D eigenvalue weighted by atomic mass is 16.6. The molecule has 24 heteroatoms. The van der Waals surface area contributed by atoms with Crippen molar-refractivity contribution >= 4 is 59.2 Å². The van der Waals surface area contributed by atoms with Crippen LogP contribution in [0.25, 0.3) is 0 Å². The first kappa shape index (κ1) is 72.7. The molecular formula is C73H88N8O16. The van der Waals surface area contributed by atoms with Gasteiger partial charge in [-0.15, -0.1) is 0 Å². The van der Waals surface area contributed by atoms with E-state index >= 15 is 4.79 Å². The number of amides is 8. The third kappa shape index (κ3) is 20.7. The van der Waals surface area contributed by atoms with E-state index < -0.39 is 115 Å². The number of Topliss-reactive ketones (excluding diaryl/α,β-unsaturated/α-hetero) is 1. The van der Waals surface area contributed by atoms with Crippen LogP contribution in [0, 0.1) is 5.41 Å². The van der Waals surface area contributed by atoms with Gasteiger partial charge in [0.25, 0.3) is 11.8 Å². The second-order valence-corrected chi connectivity index (χ2v) is 25.0. The molecule has 0 saturated carbocycles. The van der Waals surface area contributed by atoms with Crippen LogP contribution >= 0.6 is 0 Å². The van der Waals surface area contributed by atoms with Gasteiger partial charge >= 0.3 is 12.1 Å². The summed E-state index contributed by atoms with van der Waals surface area (Å²) < 4.78 is 33.9. The smallest absolute Gasteiger partial charge is 0.415 e. The van der Waals surface area contributed by atoms with Gasteiger partial charge in [-0.2, -0.15) is 0 Å². The zero-order valence-corrected chi connectivity index (χ0v) is 56.2. The van der Waals surface area contributed by atoms with Crippen LogP contribution in [0.3, 0.4) is 0 Å². The van der Waals surface area contributed by atoms with Crippen LogP contribution in [-0.4, -0.2) is 202 Å². The minimum absolute atomic E-state index is 0.0269. The van der Waals surface area contributed by atoms with Crippen molar-refractivity contribution in [2.75, 3.05) is 94.5 Å². The molecule has 5 aromatic carbocycles. The lowest BCUT2D eigenvalue weighted by molar-refractivity contribution is -0.157. The Morgan fingerprint density at radius 2 is 1.25 bits per heavy atom. The molecule has 8 rings (SSSR count). The maximum absolute atomic E-state index is 15.1. The summed E-state index contributed by atoms with van der Waals surface area (Å²) >= 11 is 0. The third-order valence-corrected chi connectivity index (χ3v) is 17.4. The van der Waals surface area contributed by atoms with Gasteiger partial charge in [0.2, 0.25) is 35.3 Å². The number of piperidine rings is 1. The Kier molecular flexibility index (Phi) is 26.3. The number of carbonyl (C=O) groups excluding carboxylic acids is 10. The van der Waals surface area contributed by atoms with Crippen molar-refractivity contribution in [2.45, 2.75) is 102 Å². The average Bonchev–Trinajstić information content (AvgIpc) is 0.877. The van der Waals surface area contributed by atoms with Crippen LogP contribution in [0.2, 0.25) is 0 Å². The van der Waals surface area contributed by atoms with Gasteiger partial charge in [0, 0.05) is 72.7 Å². The van der Waals surface area contributed by atoms with E-state index in [9.17, 15) is 43.2 Å². The summed E-state index contributed by atoms with van der Waals surface area (Å²) in [6.07, 6.45) is 4.34. The highest BCUT2D eigenvalue weighted by Crippen LogP contribution is 2.31. The first-order valence-corrected chi connectivity index (χ1v) is 32.6. The molecule has 3 heterocycles. The van der Waals surface area contributed by atoms with Crippen molar-refractivity contribution in [1.82, 2.24) is 40.4 Å². The topological polar surface area (TPSA) is 278 Å². The standard InChI is InChI=1S/C73H88N8O16/c1-73(2)48-96-65(84)26-15-16-35-77(3)69(88)57(41-49-19-10-8-11-20-49)74-63(82)46-78(4)70(89)58(42-50-21-12-9-13-22-50)76-68(87)60(43-51-27-31-54(32-28-51)97-72(91)80-37-39-94-40-38-80)79(5)64(83)47-95-55-24-18-23-53(45-55)56(33-29-52-30-34-61(92-6)62(44-52)93-7)75-67(86)59-25-14-17-36-81(59)71(90)66(73)85/h8-13,15,18-24,26-28,30-32,34,44-45,56-60H,14,16-17,25,29,33,35-43,46-48H2,1-7H3,(H,74,82)(H,75,86)(H,76,87)/t56-,57-,58-,59+,60+/m1/s1. The van der Waals surface area contributed by atoms with Crippen molar-refractivity contribution in [3.63, 3.8) is 0 Å². The second kappa shape index (κ2) is 35.1. The second-order valence-electron chi connectivity index (χ2n) is 25.0. The van der Waals surface area contributed by atoms with Crippen LogP contribution < -0.4 is 34.9 Å². The number of aryl methyl sites for hydroxylation is 1. The molecule has 3 N–H and O–H groups in total. The Hall–Kier alpha value is -10.1. The molecule has 0 radical (unpaired) electrons. The van der Waals surface area contributed by atoms with Gasteiger partial charge in [0.15, 0.2) is 18.1 Å². The van der Waals surface area contributed by atoms with Gasteiger partial charge in [-0.05, 0) is 117 Å². The molecule has 8 amide bonds. The summed E-state index contributed by atoms with van der Waals surface area (Å²) in [4.78, 5) is 149. The Morgan fingerprint density at radius 1 is 0.619 bits per heavy atom. The molecule has 24 nitrogen and oxygen atoms in total. The lowest BCUT2D eigenvalue weighted by atomic mass is 9.87. The largest absolute Gasteiger partial charge is 0.493 e. The molecule has 0 aliphatic carbocycles. The van der Waals surface area contributed by atoms with E-state index in [4.69, 9.17) is 28.4 Å². The van der Waals surface area contributed by atoms with Crippen molar-refractivity contribution in [1.29, 1.82) is 0 Å². The minimum Gasteiger partial charge on any atom is -0.493 e. The van der Waals surface area contributed by atoms with Crippen LogP contribution in [0.15, 0.2) is 140 Å². The fourth-order valence-electron chi connectivity index (χ4n) is 11.6. The summed E-state index contributed by atoms with van der Waals surface area (Å²) in [6, 6.07) is 31.2. The molecule has 0 aromatic heterocycles. The van der Waals surface area contributed by atoms with E-state index in [2.05, 4.69) is 16.0 Å². The molecule has 0 unspecified atom stereocenters. The van der Waals surface area contributed by atoms with E-state index in [1.807, 2.05) is 30.3 Å². The number of ether oxygens (including phenoxy) is 6. The fourth-order valence-corrected chi connectivity index (χ4v) is 11.6. The zero-order valence-electron chi connectivity index (χ0n) is 56.2. The van der Waals surface area contributed by atoms with Gasteiger partial charge < -0.3 is 68.9 Å². The molecule has 0 spiro atoms. The number of esters is 1. The number of morpholine rings is 1. The number of ketones is 1. The van der Waals surface area contributed by atoms with E-state index in [0.29, 0.717) is 80.2 Å². The quantitative estimate of drug-likeness (QED) is 0.101. The Morgan fingerprint density at radius 3 is 1.92 bits per heavy atom. The van der Waals surface area contributed by atoms with Crippen molar-refractivity contribution in [3.8, 4) is 23.0 Å². The number of benzene rings is 5. The number of rotatable bonds is 12. The van der Waals surface area contributed by atoms with Gasteiger partial charge in [-0.1, -0.05) is 97.1 Å². The van der Waals surface area contributed by atoms with Gasteiger partial charge in [0.05, 0.1) is 45.4 Å². The van der Waals surface area contributed by atoms with E-state index in [1.165, 1.54) is 67.8 Å². The average molecular weight is 1330 g/mol. The van der Waals surface area contributed by atoms with E-state index in [-0.39, 0.29) is 56.7 Å². The summed E-state index contributed by atoms with van der Waals surface area (Å²) in [5.74, 6) is -4.74. The minimum atomic E-state index is -1.51. The molecule has 5 aromatic rings. The highest BCUT2D eigenvalue weighted by molar-refractivity contribution is 6.38. The van der Waals surface area contributed by atoms with Crippen LogP contribution in [0.5, 0.6) is 23.0 Å². The van der Waals surface area contributed by atoms with Crippen molar-refractivity contribution < 1.29 is 76.4 Å². The molecule has 5 atom stereocenters. The lowest BCUT2D eigenvalue weighted by Crippen LogP contribution is -2.57. The first-order chi connectivity index (χ1) is 46.6. The number of likely N-dealkylation sites (N-methyl/N-ethyl adjacent to an activating group) is 3. The molecule has 2 bridgehead atoms. The molecule has 3 aliphatic heterocycles. The summed E-state index contributed by atoms with van der Waals surface area (Å²) in [6.45, 7) is 3.09. The van der Waals surface area contributed by atoms with E-state index in [1.54, 1.807) is 104 Å². The maximum Gasteiger partial charge on any atom is 0.415 e. The number of hydrogen-bond acceptors (Lipinski definition) is 16. The molecule has 97 heavy (non-hydrogen) atoms. The monoisotopic (exact) mass is 1330 g/mol. The molecule has 516 valence electrons. The number of nitrogens with zero attached hydrogens (tertiary/aromatic N) is 5. The van der Waals surface area contributed by atoms with Crippen molar-refractivity contribution in [3.05, 3.63) is 167 Å². The molecule has 2 fully saturated rings. The number of cyclic esters (lactones) is 1. The van der Waals surface area contributed by atoms with Gasteiger partial charge in [-0.3, -0.25) is 38.4 Å². The lowest BCUT2D eigenvalue weighted by Gasteiger charge is -2.36. The molecule has 2 saturated heterocycles. The first-order valence-electron chi connectivity index (χ1n) is 32.6. The predicted molar refractivity (Wildman–Crippen MR) is 358 cm³/mol. The number of hydrogen-bond donors (Lipinski definition) is 3. The summed E-state index contributed by atoms with van der Waals surface area (Å²) in [7, 11) is 7.45. The third-order valence-electron chi connectivity index (χ3n) is 17.4. The fraction of sp³-hybridized carbons (Fsp3) is 0.425.